The Balaban J connectivity index is 1.89. The number of nitrogens with one attached hydrogen (secondary N) is 2. The number of likely N-dealkylation sites (N-methyl/N-ethyl adjacent to an activating group) is 1. The molecule has 2 heterocycles. The van der Waals surface area contributed by atoms with E-state index in [2.05, 4.69) is 32.8 Å². The maximum atomic E-state index is 12.0. The van der Waals surface area contributed by atoms with Crippen molar-refractivity contribution in [2.24, 2.45) is 0 Å². The number of hydrogen-bond acceptors (Lipinski definition) is 5. The van der Waals surface area contributed by atoms with E-state index in [1.54, 1.807) is 6.20 Å². The van der Waals surface area contributed by atoms with Crippen LogP contribution in [0.3, 0.4) is 0 Å². The Hall–Kier alpha value is -1.47. The second-order valence-electron chi connectivity index (χ2n) is 5.59. The minimum atomic E-state index is -0.154. The first-order valence-corrected chi connectivity index (χ1v) is 7.15. The Labute approximate surface area is 119 Å². The zero-order chi connectivity index (χ0) is 14.5. The molecule has 0 spiro atoms. The number of hydrogen-bond donors (Lipinski definition) is 2. The number of carbonyl (C=O) groups is 1. The Bertz CT molecular complexity index is 438. The summed E-state index contributed by atoms with van der Waals surface area (Å²) in [5.74, 6) is -0.154. The van der Waals surface area contributed by atoms with E-state index in [9.17, 15) is 4.79 Å². The minimum absolute atomic E-state index is 0.154. The number of aromatic nitrogens is 3. The molecule has 7 nitrogen and oxygen atoms in total. The Morgan fingerprint density at radius 1 is 1.55 bits per heavy atom. The molecule has 1 unspecified atom stereocenters. The van der Waals surface area contributed by atoms with Crippen LogP contribution in [0.25, 0.3) is 0 Å². The van der Waals surface area contributed by atoms with E-state index >= 15 is 0 Å². The maximum Gasteiger partial charge on any atom is 0.273 e. The molecule has 0 radical (unpaired) electrons. The first-order chi connectivity index (χ1) is 9.58. The third-order valence-electron chi connectivity index (χ3n) is 3.87. The highest BCUT2D eigenvalue weighted by molar-refractivity contribution is 5.91. The normalized spacial score (nSPS) is 18.2. The highest BCUT2D eigenvalue weighted by Gasteiger charge is 2.19. The summed E-state index contributed by atoms with van der Waals surface area (Å²) in [6, 6.07) is 0.643. The lowest BCUT2D eigenvalue weighted by atomic mass is 10.1. The topological polar surface area (TPSA) is 75.1 Å². The first kappa shape index (κ1) is 14.9. The summed E-state index contributed by atoms with van der Waals surface area (Å²) in [4.78, 5) is 14.1. The van der Waals surface area contributed by atoms with Crippen molar-refractivity contribution in [1.82, 2.24) is 30.5 Å². The van der Waals surface area contributed by atoms with Gasteiger partial charge in [0.2, 0.25) is 0 Å². The highest BCUT2D eigenvalue weighted by Crippen LogP contribution is 2.16. The van der Waals surface area contributed by atoms with Gasteiger partial charge in [-0.1, -0.05) is 5.21 Å². The van der Waals surface area contributed by atoms with Crippen molar-refractivity contribution in [2.75, 3.05) is 33.7 Å². The van der Waals surface area contributed by atoms with Crippen LogP contribution in [0.15, 0.2) is 6.20 Å². The molecule has 1 fully saturated rings. The van der Waals surface area contributed by atoms with Gasteiger partial charge in [0.25, 0.3) is 5.91 Å². The zero-order valence-corrected chi connectivity index (χ0v) is 12.5. The van der Waals surface area contributed by atoms with Gasteiger partial charge < -0.3 is 15.5 Å². The van der Waals surface area contributed by atoms with E-state index in [4.69, 9.17) is 0 Å². The van der Waals surface area contributed by atoms with Crippen molar-refractivity contribution in [3.05, 3.63) is 11.9 Å². The lowest BCUT2D eigenvalue weighted by Gasteiger charge is -2.22. The number of carbonyl (C=O) groups excluding carboxylic acids is 1. The van der Waals surface area contributed by atoms with Crippen molar-refractivity contribution in [2.45, 2.75) is 31.8 Å². The molecule has 1 atom stereocenters. The summed E-state index contributed by atoms with van der Waals surface area (Å²) in [5.41, 5.74) is 0.398. The standard InChI is InChI=1S/C13H24N6O/c1-10(18(2)3)8-15-13(20)12-9-19(17-16-12)11-4-6-14-7-5-11/h9-11,14H,4-8H2,1-3H3,(H,15,20). The average Bonchev–Trinajstić information content (AvgIpc) is 2.95. The molecule has 2 rings (SSSR count). The van der Waals surface area contributed by atoms with Gasteiger partial charge in [-0.2, -0.15) is 0 Å². The van der Waals surface area contributed by atoms with Crippen LogP contribution in [-0.4, -0.2) is 65.6 Å². The van der Waals surface area contributed by atoms with Crippen LogP contribution in [-0.2, 0) is 0 Å². The molecule has 1 aromatic heterocycles. The molecule has 7 heteroatoms. The Morgan fingerprint density at radius 3 is 2.90 bits per heavy atom. The van der Waals surface area contributed by atoms with Crippen LogP contribution in [0, 0.1) is 0 Å². The highest BCUT2D eigenvalue weighted by atomic mass is 16.2. The number of piperidine rings is 1. The lowest BCUT2D eigenvalue weighted by Crippen LogP contribution is -2.38. The van der Waals surface area contributed by atoms with Gasteiger partial charge in [0.05, 0.1) is 12.2 Å². The molecule has 0 aliphatic carbocycles. The van der Waals surface area contributed by atoms with Crippen LogP contribution < -0.4 is 10.6 Å². The summed E-state index contributed by atoms with van der Waals surface area (Å²) >= 11 is 0. The van der Waals surface area contributed by atoms with E-state index in [0.29, 0.717) is 24.3 Å². The molecule has 1 aliphatic heterocycles. The third kappa shape index (κ3) is 3.77. The van der Waals surface area contributed by atoms with Gasteiger partial charge >= 0.3 is 0 Å². The monoisotopic (exact) mass is 280 g/mol. The van der Waals surface area contributed by atoms with Crippen LogP contribution >= 0.6 is 0 Å². The molecule has 1 amide bonds. The van der Waals surface area contributed by atoms with Crippen molar-refractivity contribution in [3.63, 3.8) is 0 Å². The summed E-state index contributed by atoms with van der Waals surface area (Å²) in [7, 11) is 3.98. The molecule has 1 aliphatic rings. The van der Waals surface area contributed by atoms with Crippen molar-refractivity contribution < 1.29 is 4.79 Å². The molecule has 0 aromatic carbocycles. The predicted octanol–water partition coefficient (Wildman–Crippen LogP) is -0.117. The lowest BCUT2D eigenvalue weighted by molar-refractivity contribution is 0.0938. The van der Waals surface area contributed by atoms with Crippen LogP contribution in [0.4, 0.5) is 0 Å². The molecular formula is C13H24N6O. The van der Waals surface area contributed by atoms with Gasteiger partial charge in [0.1, 0.15) is 0 Å². The Morgan fingerprint density at radius 2 is 2.25 bits per heavy atom. The molecule has 0 saturated carbocycles. The fourth-order valence-corrected chi connectivity index (χ4v) is 2.14. The summed E-state index contributed by atoms with van der Waals surface area (Å²) in [6.45, 7) is 4.65. The van der Waals surface area contributed by atoms with Crippen LogP contribution in [0.5, 0.6) is 0 Å². The van der Waals surface area contributed by atoms with Crippen molar-refractivity contribution in [3.8, 4) is 0 Å². The maximum absolute atomic E-state index is 12.0. The molecule has 2 N–H and O–H groups in total. The van der Waals surface area contributed by atoms with E-state index in [0.717, 1.165) is 25.9 Å². The van der Waals surface area contributed by atoms with Crippen LogP contribution in [0.1, 0.15) is 36.3 Å². The smallest absolute Gasteiger partial charge is 0.273 e. The molecule has 1 aromatic rings. The summed E-state index contributed by atoms with van der Waals surface area (Å²) in [6.07, 6.45) is 3.82. The minimum Gasteiger partial charge on any atom is -0.349 e. The van der Waals surface area contributed by atoms with Gasteiger partial charge in [-0.05, 0) is 47.0 Å². The number of rotatable bonds is 5. The van der Waals surface area contributed by atoms with Crippen LogP contribution in [0.2, 0.25) is 0 Å². The average molecular weight is 280 g/mol. The SMILES string of the molecule is CC(CNC(=O)c1cn(C2CCNCC2)nn1)N(C)C. The zero-order valence-electron chi connectivity index (χ0n) is 12.5. The first-order valence-electron chi connectivity index (χ1n) is 7.15. The summed E-state index contributed by atoms with van der Waals surface area (Å²) < 4.78 is 1.82. The van der Waals surface area contributed by atoms with Gasteiger partial charge in [0.15, 0.2) is 5.69 Å². The third-order valence-corrected chi connectivity index (χ3v) is 3.87. The van der Waals surface area contributed by atoms with Gasteiger partial charge in [-0.3, -0.25) is 4.79 Å². The van der Waals surface area contributed by atoms with E-state index < -0.39 is 0 Å². The second-order valence-corrected chi connectivity index (χ2v) is 5.59. The van der Waals surface area contributed by atoms with E-state index in [1.165, 1.54) is 0 Å². The molecule has 20 heavy (non-hydrogen) atoms. The van der Waals surface area contributed by atoms with Gasteiger partial charge in [-0.25, -0.2) is 4.68 Å². The fraction of sp³-hybridized carbons (Fsp3) is 0.769. The second kappa shape index (κ2) is 6.81. The molecule has 1 saturated heterocycles. The summed E-state index contributed by atoms with van der Waals surface area (Å²) in [5, 5.41) is 14.3. The van der Waals surface area contributed by atoms with Crippen molar-refractivity contribution in [1.29, 1.82) is 0 Å². The van der Waals surface area contributed by atoms with E-state index in [-0.39, 0.29) is 5.91 Å². The molecule has 112 valence electrons. The molecule has 0 bridgehead atoms. The Kier molecular flexibility index (Phi) is 5.08. The fourth-order valence-electron chi connectivity index (χ4n) is 2.14. The number of nitrogens with zero attached hydrogens (tertiary/aromatic N) is 4. The molecular weight excluding hydrogens is 256 g/mol. The largest absolute Gasteiger partial charge is 0.349 e. The van der Waals surface area contributed by atoms with Gasteiger partial charge in [-0.15, -0.1) is 5.10 Å². The van der Waals surface area contributed by atoms with Crippen molar-refractivity contribution >= 4 is 5.91 Å². The predicted molar refractivity (Wildman–Crippen MR) is 76.6 cm³/mol. The quantitative estimate of drug-likeness (QED) is 0.787. The van der Waals surface area contributed by atoms with E-state index in [1.807, 2.05) is 18.8 Å². The number of amides is 1. The van der Waals surface area contributed by atoms with Gasteiger partial charge in [0, 0.05) is 12.6 Å².